The van der Waals surface area contributed by atoms with Crippen molar-refractivity contribution in [2.45, 2.75) is 0 Å². The van der Waals surface area contributed by atoms with Crippen LogP contribution in [0.15, 0.2) is 42.7 Å². The lowest BCUT2D eigenvalue weighted by Crippen LogP contribution is -2.03. The second kappa shape index (κ2) is 5.69. The summed E-state index contributed by atoms with van der Waals surface area (Å²) in [6.45, 7) is 0. The quantitative estimate of drug-likeness (QED) is 0.621. The molecule has 0 aliphatic heterocycles. The first-order chi connectivity index (χ1) is 9.22. The number of esters is 1. The zero-order chi connectivity index (χ0) is 13.7. The maximum atomic E-state index is 11.6. The molecular weight excluding hydrogens is 240 g/mol. The van der Waals surface area contributed by atoms with Gasteiger partial charge in [0.15, 0.2) is 0 Å². The Hall–Kier alpha value is -2.80. The van der Waals surface area contributed by atoms with E-state index in [0.717, 1.165) is 0 Å². The van der Waals surface area contributed by atoms with Crippen LogP contribution in [0.1, 0.15) is 21.5 Å². The minimum atomic E-state index is -0.413. The van der Waals surface area contributed by atoms with Crippen LogP contribution in [-0.4, -0.2) is 18.1 Å². The Morgan fingerprint density at radius 2 is 1.95 bits per heavy atom. The first-order valence-corrected chi connectivity index (χ1v) is 5.61. The Balaban J connectivity index is 2.41. The van der Waals surface area contributed by atoms with Crippen LogP contribution in [0.2, 0.25) is 0 Å². The second-order valence-corrected chi connectivity index (χ2v) is 3.75. The largest absolute Gasteiger partial charge is 0.465 e. The molecule has 4 nitrogen and oxygen atoms in total. The van der Waals surface area contributed by atoms with Gasteiger partial charge in [0.2, 0.25) is 0 Å². The van der Waals surface area contributed by atoms with Crippen LogP contribution >= 0.6 is 0 Å². The highest BCUT2D eigenvalue weighted by molar-refractivity contribution is 5.92. The first kappa shape index (κ1) is 12.7. The summed E-state index contributed by atoms with van der Waals surface area (Å²) in [6, 6.07) is 8.67. The van der Waals surface area contributed by atoms with Crippen molar-refractivity contribution >= 4 is 11.7 Å². The first-order valence-electron chi connectivity index (χ1n) is 5.61. The van der Waals surface area contributed by atoms with Crippen LogP contribution in [-0.2, 0) is 4.74 Å². The third-order valence-corrected chi connectivity index (χ3v) is 2.52. The average molecular weight is 252 g/mol. The molecule has 4 heteroatoms. The molecule has 0 fully saturated rings. The van der Waals surface area contributed by atoms with Crippen molar-refractivity contribution in [1.82, 2.24) is 4.98 Å². The number of pyridine rings is 1. The molecule has 0 spiro atoms. The highest BCUT2D eigenvalue weighted by atomic mass is 16.5. The van der Waals surface area contributed by atoms with Gasteiger partial charge in [-0.15, -0.1) is 0 Å². The van der Waals surface area contributed by atoms with E-state index in [4.69, 9.17) is 10.5 Å². The lowest BCUT2D eigenvalue weighted by Gasteiger charge is -2.01. The Bertz CT molecular complexity index is 669. The summed E-state index contributed by atoms with van der Waals surface area (Å²) in [6.07, 6.45) is 3.19. The van der Waals surface area contributed by atoms with E-state index in [1.807, 2.05) is 6.07 Å². The molecule has 0 bridgehead atoms. The van der Waals surface area contributed by atoms with Crippen LogP contribution < -0.4 is 5.73 Å². The fourth-order valence-corrected chi connectivity index (χ4v) is 1.52. The third kappa shape index (κ3) is 2.90. The van der Waals surface area contributed by atoms with E-state index in [0.29, 0.717) is 22.4 Å². The molecule has 2 N–H and O–H groups in total. The molecule has 0 aliphatic carbocycles. The molecule has 2 aromatic rings. The molecule has 0 atom stereocenters. The van der Waals surface area contributed by atoms with Crippen molar-refractivity contribution in [1.29, 1.82) is 0 Å². The molecule has 0 aliphatic rings. The predicted octanol–water partition coefficient (Wildman–Crippen LogP) is 1.85. The summed E-state index contributed by atoms with van der Waals surface area (Å²) in [7, 11) is 1.34. The lowest BCUT2D eigenvalue weighted by atomic mass is 10.1. The number of nitrogens with two attached hydrogens (primary N) is 1. The molecule has 0 amide bonds. The van der Waals surface area contributed by atoms with E-state index >= 15 is 0 Å². The smallest absolute Gasteiger partial charge is 0.339 e. The molecule has 0 radical (unpaired) electrons. The van der Waals surface area contributed by atoms with Gasteiger partial charge in [-0.05, 0) is 18.2 Å². The number of carbonyl (C=O) groups is 1. The van der Waals surface area contributed by atoms with Crippen LogP contribution in [0.3, 0.4) is 0 Å². The summed E-state index contributed by atoms with van der Waals surface area (Å²) in [4.78, 5) is 15.5. The van der Waals surface area contributed by atoms with Crippen LogP contribution in [0.4, 0.5) is 5.69 Å². The highest BCUT2D eigenvalue weighted by Crippen LogP contribution is 2.10. The van der Waals surface area contributed by atoms with Gasteiger partial charge in [-0.2, -0.15) is 0 Å². The molecule has 1 aromatic heterocycles. The standard InChI is InChI=1S/C15H12N2O2/c1-19-15(18)13-5-3-2-4-11(13)6-7-12-10-17-9-8-14(12)16/h2-5,8-10H,1H3,(H2,16,17). The Morgan fingerprint density at radius 1 is 1.21 bits per heavy atom. The number of aromatic nitrogens is 1. The van der Waals surface area contributed by atoms with Crippen molar-refractivity contribution in [3.05, 3.63) is 59.4 Å². The molecule has 0 unspecified atom stereocenters. The van der Waals surface area contributed by atoms with Crippen molar-refractivity contribution in [3.8, 4) is 11.8 Å². The van der Waals surface area contributed by atoms with Gasteiger partial charge in [-0.25, -0.2) is 4.79 Å². The van der Waals surface area contributed by atoms with Gasteiger partial charge in [-0.3, -0.25) is 4.98 Å². The molecule has 1 aromatic carbocycles. The molecule has 94 valence electrons. The number of nitrogens with zero attached hydrogens (tertiary/aromatic N) is 1. The zero-order valence-corrected chi connectivity index (χ0v) is 10.4. The summed E-state index contributed by atoms with van der Waals surface area (Å²) >= 11 is 0. The average Bonchev–Trinajstić information content (AvgIpc) is 2.46. The Morgan fingerprint density at radius 3 is 2.68 bits per heavy atom. The number of nitrogen functional groups attached to an aromatic ring is 1. The number of anilines is 1. The molecule has 2 rings (SSSR count). The minimum absolute atomic E-state index is 0.413. The summed E-state index contributed by atoms with van der Waals surface area (Å²) in [5.41, 5.74) is 7.98. The fourth-order valence-electron chi connectivity index (χ4n) is 1.52. The molecule has 1 heterocycles. The van der Waals surface area contributed by atoms with Gasteiger partial charge < -0.3 is 10.5 Å². The Labute approximate surface area is 111 Å². The predicted molar refractivity (Wildman–Crippen MR) is 72.4 cm³/mol. The van der Waals surface area contributed by atoms with Gasteiger partial charge >= 0.3 is 5.97 Å². The van der Waals surface area contributed by atoms with E-state index in [1.165, 1.54) is 7.11 Å². The van der Waals surface area contributed by atoms with Crippen molar-refractivity contribution < 1.29 is 9.53 Å². The Kier molecular flexibility index (Phi) is 3.79. The van der Waals surface area contributed by atoms with E-state index < -0.39 is 5.97 Å². The third-order valence-electron chi connectivity index (χ3n) is 2.52. The summed E-state index contributed by atoms with van der Waals surface area (Å²) < 4.78 is 4.71. The van der Waals surface area contributed by atoms with Gasteiger partial charge in [0.25, 0.3) is 0 Å². The van der Waals surface area contributed by atoms with Crippen LogP contribution in [0.5, 0.6) is 0 Å². The number of methoxy groups -OCH3 is 1. The molecule has 0 saturated heterocycles. The maximum Gasteiger partial charge on any atom is 0.339 e. The lowest BCUT2D eigenvalue weighted by molar-refractivity contribution is 0.0600. The van der Waals surface area contributed by atoms with Crippen molar-refractivity contribution in [2.24, 2.45) is 0 Å². The van der Waals surface area contributed by atoms with Crippen LogP contribution in [0, 0.1) is 11.8 Å². The summed E-state index contributed by atoms with van der Waals surface area (Å²) in [5, 5.41) is 0. The highest BCUT2D eigenvalue weighted by Gasteiger charge is 2.08. The molecular formula is C15H12N2O2. The molecule has 0 saturated carbocycles. The monoisotopic (exact) mass is 252 g/mol. The number of hydrogen-bond acceptors (Lipinski definition) is 4. The number of benzene rings is 1. The SMILES string of the molecule is COC(=O)c1ccccc1C#Cc1cnccc1N. The topological polar surface area (TPSA) is 65.2 Å². The molecule has 19 heavy (non-hydrogen) atoms. The normalized spacial score (nSPS) is 9.32. The van der Waals surface area contributed by atoms with Gasteiger partial charge in [0, 0.05) is 18.0 Å². The number of hydrogen-bond donors (Lipinski definition) is 1. The summed E-state index contributed by atoms with van der Waals surface area (Å²) in [5.74, 6) is 5.41. The second-order valence-electron chi connectivity index (χ2n) is 3.75. The van der Waals surface area contributed by atoms with Gasteiger partial charge in [0.1, 0.15) is 0 Å². The van der Waals surface area contributed by atoms with Crippen LogP contribution in [0.25, 0.3) is 0 Å². The zero-order valence-electron chi connectivity index (χ0n) is 10.4. The van der Waals surface area contributed by atoms with Gasteiger partial charge in [0.05, 0.1) is 23.9 Å². The number of ether oxygens (including phenoxy) is 1. The minimum Gasteiger partial charge on any atom is -0.465 e. The maximum absolute atomic E-state index is 11.6. The van der Waals surface area contributed by atoms with E-state index in [9.17, 15) is 4.79 Å². The van der Waals surface area contributed by atoms with Crippen molar-refractivity contribution in [3.63, 3.8) is 0 Å². The fraction of sp³-hybridized carbons (Fsp3) is 0.0667. The van der Waals surface area contributed by atoms with E-state index in [2.05, 4.69) is 16.8 Å². The number of rotatable bonds is 1. The van der Waals surface area contributed by atoms with E-state index in [1.54, 1.807) is 36.7 Å². The number of carbonyl (C=O) groups excluding carboxylic acids is 1. The van der Waals surface area contributed by atoms with Gasteiger partial charge in [-0.1, -0.05) is 24.0 Å². The van der Waals surface area contributed by atoms with E-state index in [-0.39, 0.29) is 0 Å². The van der Waals surface area contributed by atoms with Crippen molar-refractivity contribution in [2.75, 3.05) is 12.8 Å².